The van der Waals surface area contributed by atoms with Crippen LogP contribution in [0.3, 0.4) is 0 Å². The van der Waals surface area contributed by atoms with E-state index in [0.717, 1.165) is 55.8 Å². The molecule has 0 saturated carbocycles. The highest BCUT2D eigenvalue weighted by Crippen LogP contribution is 2.34. The predicted octanol–water partition coefficient (Wildman–Crippen LogP) is 4.76. The molecule has 2 aromatic rings. The minimum absolute atomic E-state index is 0.0664. The van der Waals surface area contributed by atoms with E-state index in [1.807, 2.05) is 25.2 Å². The zero-order valence-electron chi connectivity index (χ0n) is 22.4. The highest BCUT2D eigenvalue weighted by atomic mass is 32.1. The number of quaternary nitrogens is 1. The van der Waals surface area contributed by atoms with Crippen LogP contribution >= 0.6 is 11.3 Å². The molecular weight excluding hydrogens is 498 g/mol. The number of unbranched alkanes of at least 4 members (excludes halogenated alkanes) is 1. The molecule has 0 spiro atoms. The summed E-state index contributed by atoms with van der Waals surface area (Å²) in [6.07, 6.45) is 12.0. The van der Waals surface area contributed by atoms with E-state index in [1.54, 1.807) is 17.4 Å². The van der Waals surface area contributed by atoms with Gasteiger partial charge in [0.05, 0.1) is 45.4 Å². The number of esters is 1. The van der Waals surface area contributed by atoms with Crippen LogP contribution in [0.15, 0.2) is 65.8 Å². The third-order valence-electron chi connectivity index (χ3n) is 8.08. The van der Waals surface area contributed by atoms with Crippen molar-refractivity contribution in [2.24, 2.45) is 5.41 Å². The number of fused-ring (bicyclic) bond motifs is 2. The standard InChI is InChI=1S/C30H37N3O4S/c1-3-29(35)37-22-33(17-14-32(15-18-33)25-7-6-8-26-24(25)11-20-38-26)16-4-5-19-36-23-9-12-30(2)13-10-28(34)31-27(30)21-23/h6-13,20-21,27H,3-5,14-19,22H2,1-2H3/p+1. The fraction of sp³-hybridized carbons (Fsp3) is 0.467. The smallest absolute Gasteiger partial charge is 0.309 e. The minimum atomic E-state index is -0.204. The Morgan fingerprint density at radius 3 is 2.82 bits per heavy atom. The van der Waals surface area contributed by atoms with Crippen molar-refractivity contribution < 1.29 is 23.5 Å². The summed E-state index contributed by atoms with van der Waals surface area (Å²) in [5, 5.41) is 6.49. The predicted molar refractivity (Wildman–Crippen MR) is 152 cm³/mol. The van der Waals surface area contributed by atoms with Crippen LogP contribution in [0.5, 0.6) is 0 Å². The van der Waals surface area contributed by atoms with Gasteiger partial charge in [0, 0.05) is 27.6 Å². The van der Waals surface area contributed by atoms with Crippen LogP contribution in [0, 0.1) is 5.41 Å². The van der Waals surface area contributed by atoms with Crippen molar-refractivity contribution in [1.82, 2.24) is 5.32 Å². The molecule has 3 heterocycles. The molecule has 38 heavy (non-hydrogen) atoms. The summed E-state index contributed by atoms with van der Waals surface area (Å²) in [6.45, 7) is 9.71. The largest absolute Gasteiger partial charge is 0.494 e. The van der Waals surface area contributed by atoms with Gasteiger partial charge in [-0.3, -0.25) is 14.1 Å². The van der Waals surface area contributed by atoms with Crippen LogP contribution in [0.2, 0.25) is 0 Å². The van der Waals surface area contributed by atoms with Crippen molar-refractivity contribution in [2.45, 2.75) is 39.2 Å². The fourth-order valence-electron chi connectivity index (χ4n) is 5.53. The molecule has 0 radical (unpaired) electrons. The molecule has 1 amide bonds. The Labute approximate surface area is 229 Å². The van der Waals surface area contributed by atoms with Gasteiger partial charge >= 0.3 is 5.97 Å². The Bertz CT molecular complexity index is 1260. The molecule has 7 nitrogen and oxygen atoms in total. The van der Waals surface area contributed by atoms with E-state index in [1.165, 1.54) is 15.8 Å². The summed E-state index contributed by atoms with van der Waals surface area (Å²) in [4.78, 5) is 26.2. The number of hydrogen-bond donors (Lipinski definition) is 1. The molecule has 202 valence electrons. The molecule has 1 aromatic heterocycles. The summed E-state index contributed by atoms with van der Waals surface area (Å²) in [6, 6.07) is 8.67. The topological polar surface area (TPSA) is 67.9 Å². The summed E-state index contributed by atoms with van der Waals surface area (Å²) in [7, 11) is 0. The molecule has 1 aliphatic carbocycles. The van der Waals surface area contributed by atoms with Crippen molar-refractivity contribution in [3.05, 3.63) is 65.8 Å². The van der Waals surface area contributed by atoms with Gasteiger partial charge in [-0.1, -0.05) is 32.1 Å². The van der Waals surface area contributed by atoms with Crippen molar-refractivity contribution in [3.8, 4) is 0 Å². The molecule has 1 aromatic carbocycles. The lowest BCUT2D eigenvalue weighted by Gasteiger charge is -2.45. The molecule has 1 saturated heterocycles. The first-order valence-electron chi connectivity index (χ1n) is 13.7. The van der Waals surface area contributed by atoms with Gasteiger partial charge in [-0.05, 0) is 54.6 Å². The van der Waals surface area contributed by atoms with E-state index in [9.17, 15) is 9.59 Å². The SMILES string of the molecule is CCC(=O)OC[N+]1(CCCCOC2=CC3NC(=O)C=CC3(C)C=C2)CCN(c2cccc3sccc23)CC1. The normalized spacial score (nSPS) is 24.1. The zero-order valence-corrected chi connectivity index (χ0v) is 23.2. The Morgan fingerprint density at radius 2 is 2.00 bits per heavy atom. The van der Waals surface area contributed by atoms with Gasteiger partial charge in [0.15, 0.2) is 0 Å². The Morgan fingerprint density at radius 1 is 1.18 bits per heavy atom. The number of carbonyl (C=O) groups excluding carboxylic acids is 2. The van der Waals surface area contributed by atoms with Crippen molar-refractivity contribution in [3.63, 3.8) is 0 Å². The van der Waals surface area contributed by atoms with Gasteiger partial charge in [0.1, 0.15) is 5.76 Å². The Hall–Kier alpha value is -3.10. The molecule has 3 aliphatic rings. The summed E-state index contributed by atoms with van der Waals surface area (Å²) in [5.74, 6) is 0.604. The number of carbonyl (C=O) groups is 2. The second-order valence-electron chi connectivity index (χ2n) is 10.8. The second-order valence-corrected chi connectivity index (χ2v) is 11.7. The van der Waals surface area contributed by atoms with E-state index < -0.39 is 0 Å². The van der Waals surface area contributed by atoms with E-state index in [0.29, 0.717) is 19.8 Å². The maximum absolute atomic E-state index is 12.0. The van der Waals surface area contributed by atoms with Crippen LogP contribution in [0.4, 0.5) is 5.69 Å². The maximum atomic E-state index is 12.0. The average Bonchev–Trinajstić information content (AvgIpc) is 3.42. The molecule has 0 bridgehead atoms. The fourth-order valence-corrected chi connectivity index (χ4v) is 6.33. The maximum Gasteiger partial charge on any atom is 0.309 e. The third kappa shape index (κ3) is 5.81. The quantitative estimate of drug-likeness (QED) is 0.269. The summed E-state index contributed by atoms with van der Waals surface area (Å²) in [5.41, 5.74) is 1.10. The van der Waals surface area contributed by atoms with Gasteiger partial charge in [-0.2, -0.15) is 0 Å². The number of amides is 1. The highest BCUT2D eigenvalue weighted by Gasteiger charge is 2.36. The number of benzene rings is 1. The lowest BCUT2D eigenvalue weighted by Crippen LogP contribution is -2.61. The molecule has 8 heteroatoms. The first kappa shape index (κ1) is 26.5. The molecule has 1 N–H and O–H groups in total. The molecule has 2 unspecified atom stereocenters. The van der Waals surface area contributed by atoms with Crippen molar-refractivity contribution in [2.75, 3.05) is 51.0 Å². The molecule has 5 rings (SSSR count). The summed E-state index contributed by atoms with van der Waals surface area (Å²) >= 11 is 1.78. The van der Waals surface area contributed by atoms with Gasteiger partial charge in [0.25, 0.3) is 0 Å². The van der Waals surface area contributed by atoms with Crippen LogP contribution in [0.1, 0.15) is 33.1 Å². The molecule has 2 aliphatic heterocycles. The average molecular weight is 537 g/mol. The number of nitrogens with zero attached hydrogens (tertiary/aromatic N) is 2. The zero-order chi connectivity index (χ0) is 26.6. The summed E-state index contributed by atoms with van der Waals surface area (Å²) < 4.78 is 13.9. The molecule has 1 fully saturated rings. The number of piperazine rings is 1. The number of rotatable bonds is 10. The van der Waals surface area contributed by atoms with Gasteiger partial charge < -0.3 is 19.7 Å². The number of hydrogen-bond acceptors (Lipinski definition) is 6. The first-order chi connectivity index (χ1) is 18.4. The third-order valence-corrected chi connectivity index (χ3v) is 8.97. The van der Waals surface area contributed by atoms with Crippen LogP contribution < -0.4 is 10.2 Å². The van der Waals surface area contributed by atoms with E-state index in [2.05, 4.69) is 52.9 Å². The Kier molecular flexibility index (Phi) is 7.91. The lowest BCUT2D eigenvalue weighted by atomic mass is 9.77. The molecule has 2 atom stereocenters. The number of allylic oxidation sites excluding steroid dienone is 1. The number of thiophene rings is 1. The number of anilines is 1. The minimum Gasteiger partial charge on any atom is -0.494 e. The monoisotopic (exact) mass is 536 g/mol. The number of nitrogens with one attached hydrogen (secondary N) is 1. The van der Waals surface area contributed by atoms with Crippen molar-refractivity contribution in [1.29, 1.82) is 0 Å². The second kappa shape index (κ2) is 11.3. The van der Waals surface area contributed by atoms with Crippen LogP contribution in [0.25, 0.3) is 10.1 Å². The van der Waals surface area contributed by atoms with Crippen LogP contribution in [-0.2, 0) is 19.1 Å². The van der Waals surface area contributed by atoms with Crippen molar-refractivity contribution >= 4 is 39.0 Å². The molecular formula is C30H38N3O4S+. The van der Waals surface area contributed by atoms with E-state index in [-0.39, 0.29) is 23.3 Å². The van der Waals surface area contributed by atoms with Crippen LogP contribution in [-0.4, -0.2) is 68.5 Å². The van der Waals surface area contributed by atoms with Gasteiger partial charge in [-0.15, -0.1) is 11.3 Å². The first-order valence-corrected chi connectivity index (χ1v) is 14.5. The Balaban J connectivity index is 1.14. The highest BCUT2D eigenvalue weighted by molar-refractivity contribution is 7.17. The van der Waals surface area contributed by atoms with Gasteiger partial charge in [-0.25, -0.2) is 0 Å². The number of ether oxygens (including phenoxy) is 2. The van der Waals surface area contributed by atoms with E-state index >= 15 is 0 Å². The van der Waals surface area contributed by atoms with Gasteiger partial charge in [0.2, 0.25) is 12.6 Å². The van der Waals surface area contributed by atoms with E-state index in [4.69, 9.17) is 9.47 Å². The lowest BCUT2D eigenvalue weighted by molar-refractivity contribution is -0.944.